The topological polar surface area (TPSA) is 101 Å². The third kappa shape index (κ3) is 5.51. The molecule has 1 saturated carbocycles. The fourth-order valence-electron chi connectivity index (χ4n) is 3.31. The number of carbonyl (C=O) groups is 1. The largest absolute Gasteiger partial charge is 0.484 e. The molecule has 1 amide bonds. The average Bonchev–Trinajstić information content (AvgIpc) is 3.16. The van der Waals surface area contributed by atoms with Crippen molar-refractivity contribution in [3.05, 3.63) is 35.2 Å². The number of amides is 1. The average molecular weight is 415 g/mol. The van der Waals surface area contributed by atoms with E-state index in [0.717, 1.165) is 36.1 Å². The van der Waals surface area contributed by atoms with Gasteiger partial charge >= 0.3 is 0 Å². The van der Waals surface area contributed by atoms with Crippen molar-refractivity contribution in [2.24, 2.45) is 0 Å². The molecular weight excluding hydrogens is 388 g/mol. The molecule has 1 aromatic heterocycles. The Morgan fingerprint density at radius 1 is 1.34 bits per heavy atom. The molecule has 7 nitrogen and oxygen atoms in total. The van der Waals surface area contributed by atoms with Gasteiger partial charge in [0.15, 0.2) is 6.61 Å². The Bertz CT molecular complexity index is 900. The third-order valence-electron chi connectivity index (χ3n) is 5.07. The predicted octanol–water partition coefficient (Wildman–Crippen LogP) is 4.09. The fourth-order valence-corrected chi connectivity index (χ4v) is 4.01. The van der Waals surface area contributed by atoms with Gasteiger partial charge in [-0.15, -0.1) is 10.2 Å². The van der Waals surface area contributed by atoms with E-state index in [0.29, 0.717) is 24.0 Å². The van der Waals surface area contributed by atoms with Crippen LogP contribution < -0.4 is 10.1 Å². The molecule has 0 radical (unpaired) electrons. The fraction of sp³-hybridized carbons (Fsp3) is 0.524. The van der Waals surface area contributed by atoms with Gasteiger partial charge in [0, 0.05) is 0 Å². The SMILES string of the molecule is Cc1ccc(C)c(OCc2nnc(SC(C)C(=O)NC3(C#N)CCCCC3)o2)c1. The molecule has 1 aliphatic carbocycles. The molecule has 1 fully saturated rings. The predicted molar refractivity (Wildman–Crippen MR) is 109 cm³/mol. The molecule has 8 heteroatoms. The lowest BCUT2D eigenvalue weighted by Gasteiger charge is -2.32. The highest BCUT2D eigenvalue weighted by Gasteiger charge is 2.35. The molecule has 0 saturated heterocycles. The van der Waals surface area contributed by atoms with Crippen molar-refractivity contribution in [1.29, 1.82) is 5.26 Å². The quantitative estimate of drug-likeness (QED) is 0.681. The summed E-state index contributed by atoms with van der Waals surface area (Å²) in [6, 6.07) is 8.29. The number of nitrogens with zero attached hydrogens (tertiary/aromatic N) is 3. The molecule has 1 unspecified atom stereocenters. The second-order valence-electron chi connectivity index (χ2n) is 7.52. The molecule has 1 atom stereocenters. The normalized spacial score (nSPS) is 16.6. The number of nitriles is 1. The van der Waals surface area contributed by atoms with Gasteiger partial charge in [0.05, 0.1) is 11.3 Å². The summed E-state index contributed by atoms with van der Waals surface area (Å²) in [6.45, 7) is 5.91. The molecule has 0 spiro atoms. The zero-order chi connectivity index (χ0) is 20.9. The number of benzene rings is 1. The van der Waals surface area contributed by atoms with Gasteiger partial charge in [-0.25, -0.2) is 0 Å². The molecule has 0 bridgehead atoms. The van der Waals surface area contributed by atoms with E-state index >= 15 is 0 Å². The molecule has 2 aromatic rings. The van der Waals surface area contributed by atoms with Crippen molar-refractivity contribution in [2.75, 3.05) is 0 Å². The van der Waals surface area contributed by atoms with E-state index in [9.17, 15) is 10.1 Å². The van der Waals surface area contributed by atoms with Gasteiger partial charge in [-0.3, -0.25) is 4.79 Å². The maximum absolute atomic E-state index is 12.6. The van der Waals surface area contributed by atoms with Gasteiger partial charge in [0.1, 0.15) is 11.3 Å². The summed E-state index contributed by atoms with van der Waals surface area (Å²) in [6.07, 6.45) is 4.43. The summed E-state index contributed by atoms with van der Waals surface area (Å²) < 4.78 is 11.4. The number of aromatic nitrogens is 2. The first kappa shape index (κ1) is 21.2. The summed E-state index contributed by atoms with van der Waals surface area (Å²) in [5, 5.41) is 20.3. The molecular formula is C21H26N4O3S. The van der Waals surface area contributed by atoms with Crippen LogP contribution in [0.25, 0.3) is 0 Å². The molecule has 1 N–H and O–H groups in total. The number of hydrogen-bond acceptors (Lipinski definition) is 7. The Labute approximate surface area is 175 Å². The smallest absolute Gasteiger partial charge is 0.277 e. The van der Waals surface area contributed by atoms with E-state index in [1.54, 1.807) is 6.92 Å². The van der Waals surface area contributed by atoms with Gasteiger partial charge in [0.2, 0.25) is 5.91 Å². The van der Waals surface area contributed by atoms with Crippen molar-refractivity contribution in [2.45, 2.75) is 75.5 Å². The van der Waals surface area contributed by atoms with Crippen LogP contribution in [0.1, 0.15) is 56.0 Å². The molecule has 1 heterocycles. The van der Waals surface area contributed by atoms with Gasteiger partial charge in [0.25, 0.3) is 11.1 Å². The van der Waals surface area contributed by atoms with E-state index in [4.69, 9.17) is 9.15 Å². The van der Waals surface area contributed by atoms with Crippen LogP contribution in [0.2, 0.25) is 0 Å². The minimum Gasteiger partial charge on any atom is -0.484 e. The van der Waals surface area contributed by atoms with Crippen molar-refractivity contribution in [1.82, 2.24) is 15.5 Å². The van der Waals surface area contributed by atoms with Crippen molar-refractivity contribution in [3.8, 4) is 11.8 Å². The van der Waals surface area contributed by atoms with Crippen LogP contribution >= 0.6 is 11.8 Å². The summed E-state index contributed by atoms with van der Waals surface area (Å²) in [5.41, 5.74) is 1.40. The molecule has 154 valence electrons. The van der Waals surface area contributed by atoms with Crippen LogP contribution in [0.4, 0.5) is 0 Å². The van der Waals surface area contributed by atoms with Crippen LogP contribution in [0.3, 0.4) is 0 Å². The number of ether oxygens (including phenoxy) is 1. The molecule has 1 aliphatic rings. The zero-order valence-corrected chi connectivity index (χ0v) is 17.8. The third-order valence-corrected chi connectivity index (χ3v) is 6.01. The summed E-state index contributed by atoms with van der Waals surface area (Å²) in [4.78, 5) is 12.6. The first-order chi connectivity index (χ1) is 13.9. The van der Waals surface area contributed by atoms with Gasteiger partial charge < -0.3 is 14.5 Å². The van der Waals surface area contributed by atoms with Crippen molar-refractivity contribution >= 4 is 17.7 Å². The Morgan fingerprint density at radius 3 is 2.83 bits per heavy atom. The highest BCUT2D eigenvalue weighted by atomic mass is 32.2. The Hall–Kier alpha value is -2.53. The number of carbonyl (C=O) groups excluding carboxylic acids is 1. The Morgan fingerprint density at radius 2 is 2.10 bits per heavy atom. The molecule has 0 aliphatic heterocycles. The summed E-state index contributed by atoms with van der Waals surface area (Å²) >= 11 is 1.18. The highest BCUT2D eigenvalue weighted by Crippen LogP contribution is 2.29. The van der Waals surface area contributed by atoms with E-state index < -0.39 is 10.8 Å². The molecule has 29 heavy (non-hydrogen) atoms. The number of aryl methyl sites for hydroxylation is 2. The lowest BCUT2D eigenvalue weighted by Crippen LogP contribution is -2.50. The summed E-state index contributed by atoms with van der Waals surface area (Å²) in [7, 11) is 0. The maximum atomic E-state index is 12.6. The number of rotatable bonds is 7. The minimum absolute atomic E-state index is 0.163. The second-order valence-corrected chi connectivity index (χ2v) is 8.82. The van der Waals surface area contributed by atoms with Gasteiger partial charge in [-0.1, -0.05) is 43.2 Å². The first-order valence-corrected chi connectivity index (χ1v) is 10.7. The first-order valence-electron chi connectivity index (χ1n) is 9.83. The lowest BCUT2D eigenvalue weighted by atomic mass is 9.83. The second kappa shape index (κ2) is 9.31. The van der Waals surface area contributed by atoms with Crippen LogP contribution in [-0.4, -0.2) is 26.9 Å². The Kier molecular flexibility index (Phi) is 6.80. The van der Waals surface area contributed by atoms with Crippen molar-refractivity contribution < 1.29 is 13.9 Å². The monoisotopic (exact) mass is 414 g/mol. The lowest BCUT2D eigenvalue weighted by molar-refractivity contribution is -0.122. The summed E-state index contributed by atoms with van der Waals surface area (Å²) in [5.74, 6) is 0.936. The number of hydrogen-bond donors (Lipinski definition) is 1. The minimum atomic E-state index is -0.746. The maximum Gasteiger partial charge on any atom is 0.277 e. The van der Waals surface area contributed by atoms with Crippen LogP contribution in [0, 0.1) is 25.2 Å². The van der Waals surface area contributed by atoms with E-state index in [1.165, 1.54) is 11.8 Å². The van der Waals surface area contributed by atoms with E-state index in [1.807, 2.05) is 32.0 Å². The standard InChI is InChI=1S/C21H26N4O3S/c1-14-7-8-15(2)17(11-14)27-12-18-24-25-20(28-18)29-16(3)19(26)23-21(13-22)9-5-4-6-10-21/h7-8,11,16H,4-6,9-10,12H2,1-3H3,(H,23,26). The van der Waals surface area contributed by atoms with Gasteiger partial charge in [-0.2, -0.15) is 5.26 Å². The van der Waals surface area contributed by atoms with E-state index in [-0.39, 0.29) is 12.5 Å². The van der Waals surface area contributed by atoms with Gasteiger partial charge in [-0.05, 0) is 50.8 Å². The number of thioether (sulfide) groups is 1. The van der Waals surface area contributed by atoms with E-state index in [2.05, 4.69) is 21.6 Å². The molecule has 3 rings (SSSR count). The van der Waals surface area contributed by atoms with Crippen molar-refractivity contribution in [3.63, 3.8) is 0 Å². The highest BCUT2D eigenvalue weighted by molar-refractivity contribution is 8.00. The van der Waals surface area contributed by atoms with Crippen LogP contribution in [0.15, 0.2) is 27.8 Å². The molecule has 1 aromatic carbocycles. The van der Waals surface area contributed by atoms with Crippen LogP contribution in [-0.2, 0) is 11.4 Å². The van der Waals surface area contributed by atoms with Crippen LogP contribution in [0.5, 0.6) is 5.75 Å². The zero-order valence-electron chi connectivity index (χ0n) is 17.0. The number of nitrogens with one attached hydrogen (secondary N) is 1. The Balaban J connectivity index is 1.54.